The van der Waals surface area contributed by atoms with Gasteiger partial charge in [-0.2, -0.15) is 0 Å². The van der Waals surface area contributed by atoms with Gasteiger partial charge < -0.3 is 0 Å². The van der Waals surface area contributed by atoms with E-state index in [1.165, 1.54) is 11.6 Å². The van der Waals surface area contributed by atoms with Crippen LogP contribution in [0.2, 0.25) is 14.8 Å². The van der Waals surface area contributed by atoms with E-state index in [2.05, 4.69) is 14.8 Å². The third-order valence-electron chi connectivity index (χ3n) is 1.62. The summed E-state index contributed by atoms with van der Waals surface area (Å²) in [6, 6.07) is 6.97. The Morgan fingerprint density at radius 3 is 2.42 bits per heavy atom. The fourth-order valence-electron chi connectivity index (χ4n) is 1.26. The monoisotopic (exact) mass is 274 g/mol. The van der Waals surface area contributed by atoms with Gasteiger partial charge in [0, 0.05) is 0 Å². The molecule has 0 fully saturated rings. The van der Waals surface area contributed by atoms with Crippen LogP contribution >= 0.6 is 0 Å². The summed E-state index contributed by atoms with van der Waals surface area (Å²) in [7, 11) is 0. The van der Waals surface area contributed by atoms with Gasteiger partial charge in [0.2, 0.25) is 0 Å². The fourth-order valence-corrected chi connectivity index (χ4v) is 5.38. The van der Waals surface area contributed by atoms with E-state index >= 15 is 0 Å². The molecule has 0 saturated heterocycles. The zero-order valence-corrected chi connectivity index (χ0v) is 10.7. The Balaban J connectivity index is 2.77. The van der Waals surface area contributed by atoms with Crippen LogP contribution in [0, 0.1) is 5.82 Å². The first-order valence-corrected chi connectivity index (χ1v) is 14.8. The number of hydrogen-bond donors (Lipinski definition) is 0. The van der Waals surface area contributed by atoms with Crippen LogP contribution in [-0.4, -0.2) is 18.4 Å². The molecule has 0 amide bonds. The van der Waals surface area contributed by atoms with E-state index in [0.29, 0.717) is 0 Å². The molecule has 66 valence electrons. The van der Waals surface area contributed by atoms with Gasteiger partial charge in [0.25, 0.3) is 0 Å². The summed E-state index contributed by atoms with van der Waals surface area (Å²) < 4.78 is 13.9. The van der Waals surface area contributed by atoms with E-state index in [1.807, 2.05) is 6.07 Å². The summed E-state index contributed by atoms with van der Waals surface area (Å²) in [6.07, 6.45) is 0. The summed E-state index contributed by atoms with van der Waals surface area (Å²) in [5.74, 6) is -0.108. The summed E-state index contributed by atoms with van der Waals surface area (Å²) in [6.45, 7) is 0. The van der Waals surface area contributed by atoms with E-state index in [4.69, 9.17) is 0 Å². The van der Waals surface area contributed by atoms with Gasteiger partial charge in [0.15, 0.2) is 0 Å². The average Bonchev–Trinajstić information content (AvgIpc) is 1.82. The molecule has 0 atom stereocenters. The van der Waals surface area contributed by atoms with Crippen LogP contribution in [0.3, 0.4) is 0 Å². The quantitative estimate of drug-likeness (QED) is 0.725. The molecule has 0 bridgehead atoms. The molecular weight excluding hydrogens is 258 g/mol. The predicted molar refractivity (Wildman–Crippen MR) is 53.5 cm³/mol. The zero-order valence-electron chi connectivity index (χ0n) is 7.89. The van der Waals surface area contributed by atoms with E-state index < -0.39 is 18.4 Å². The van der Waals surface area contributed by atoms with Crippen molar-refractivity contribution in [1.29, 1.82) is 0 Å². The minimum atomic E-state index is -1.76. The van der Waals surface area contributed by atoms with Crippen LogP contribution in [0.4, 0.5) is 4.39 Å². The predicted octanol–water partition coefficient (Wildman–Crippen LogP) is 3.25. The summed E-state index contributed by atoms with van der Waals surface area (Å²) in [5, 5.41) is 0. The molecule has 0 aromatic heterocycles. The number of halogens is 1. The van der Waals surface area contributed by atoms with Gasteiger partial charge in [-0.25, -0.2) is 0 Å². The van der Waals surface area contributed by atoms with Crippen molar-refractivity contribution in [2.75, 3.05) is 0 Å². The molecule has 12 heavy (non-hydrogen) atoms. The van der Waals surface area contributed by atoms with Gasteiger partial charge in [-0.15, -0.1) is 0 Å². The molecule has 0 aliphatic rings. The van der Waals surface area contributed by atoms with E-state index in [1.54, 1.807) is 12.1 Å². The molecule has 0 radical (unpaired) electrons. The van der Waals surface area contributed by atoms with Gasteiger partial charge in [0.05, 0.1) is 0 Å². The van der Waals surface area contributed by atoms with Crippen molar-refractivity contribution in [3.8, 4) is 0 Å². The van der Waals surface area contributed by atoms with Crippen LogP contribution in [-0.2, 0) is 4.44 Å². The summed E-state index contributed by atoms with van der Waals surface area (Å²) in [4.78, 5) is 7.08. The average molecular weight is 273 g/mol. The molecule has 0 spiro atoms. The number of benzene rings is 1. The molecular formula is C10H15FSn. The second-order valence-corrected chi connectivity index (χ2v) is 20.0. The Bertz CT molecular complexity index is 263. The third kappa shape index (κ3) is 3.57. The summed E-state index contributed by atoms with van der Waals surface area (Å²) >= 11 is -1.76. The van der Waals surface area contributed by atoms with Gasteiger partial charge >= 0.3 is 77.7 Å². The maximum absolute atomic E-state index is 12.8. The molecule has 1 rings (SSSR count). The van der Waals surface area contributed by atoms with Crippen molar-refractivity contribution in [3.05, 3.63) is 35.6 Å². The molecule has 1 aromatic carbocycles. The maximum atomic E-state index is 12.8. The number of rotatable bonds is 2. The molecule has 0 aliphatic heterocycles. The van der Waals surface area contributed by atoms with Crippen LogP contribution in [0.5, 0.6) is 0 Å². The number of hydrogen-bond acceptors (Lipinski definition) is 0. The van der Waals surface area contributed by atoms with E-state index in [-0.39, 0.29) is 5.82 Å². The van der Waals surface area contributed by atoms with Crippen molar-refractivity contribution >= 4 is 18.4 Å². The first-order chi connectivity index (χ1) is 5.47. The molecule has 0 N–H and O–H groups in total. The molecule has 0 saturated carbocycles. The molecule has 2 heteroatoms. The third-order valence-corrected chi connectivity index (χ3v) is 5.82. The molecule has 0 aliphatic carbocycles. The zero-order chi connectivity index (χ0) is 9.19. The van der Waals surface area contributed by atoms with Crippen LogP contribution in [0.25, 0.3) is 0 Å². The van der Waals surface area contributed by atoms with Gasteiger partial charge in [-0.05, 0) is 0 Å². The summed E-state index contributed by atoms with van der Waals surface area (Å²) in [5.41, 5.74) is 1.17. The second-order valence-electron chi connectivity index (χ2n) is 4.37. The van der Waals surface area contributed by atoms with Crippen molar-refractivity contribution in [2.24, 2.45) is 0 Å². The topological polar surface area (TPSA) is 0 Å². The van der Waals surface area contributed by atoms with Crippen molar-refractivity contribution < 1.29 is 4.39 Å². The Kier molecular flexibility index (Phi) is 3.15. The minimum absolute atomic E-state index is 0.108. The molecule has 0 heterocycles. The van der Waals surface area contributed by atoms with E-state index in [9.17, 15) is 4.39 Å². The first-order valence-electron chi connectivity index (χ1n) is 4.22. The van der Waals surface area contributed by atoms with E-state index in [0.717, 1.165) is 4.44 Å². The van der Waals surface area contributed by atoms with Gasteiger partial charge in [-0.3, -0.25) is 0 Å². The Morgan fingerprint density at radius 2 is 1.92 bits per heavy atom. The Morgan fingerprint density at radius 1 is 1.25 bits per heavy atom. The normalized spacial score (nSPS) is 11.7. The van der Waals surface area contributed by atoms with Crippen molar-refractivity contribution in [2.45, 2.75) is 19.3 Å². The Labute approximate surface area is 77.7 Å². The fraction of sp³-hybridized carbons (Fsp3) is 0.400. The van der Waals surface area contributed by atoms with Crippen LogP contribution in [0.15, 0.2) is 24.3 Å². The Hall–Kier alpha value is -0.0513. The second kappa shape index (κ2) is 3.77. The van der Waals surface area contributed by atoms with Crippen molar-refractivity contribution in [3.63, 3.8) is 0 Å². The molecule has 0 nitrogen and oxygen atoms in total. The van der Waals surface area contributed by atoms with Crippen LogP contribution in [0.1, 0.15) is 5.56 Å². The SMILES string of the molecule is [CH3][Sn]([CH3])([CH3])[CH2]c1cccc(F)c1. The molecule has 1 aromatic rings. The van der Waals surface area contributed by atoms with Crippen molar-refractivity contribution in [1.82, 2.24) is 0 Å². The van der Waals surface area contributed by atoms with Gasteiger partial charge in [0.1, 0.15) is 0 Å². The van der Waals surface area contributed by atoms with Gasteiger partial charge in [-0.1, -0.05) is 0 Å². The standard InChI is InChI=1S/C7H6F.3CH3.Sn/c1-6-3-2-4-7(8)5-6;;;;/h2-5H,1H2;3*1H3;. The van der Waals surface area contributed by atoms with Crippen LogP contribution < -0.4 is 0 Å². The first kappa shape index (κ1) is 10.0. The molecule has 0 unspecified atom stereocenters.